The average molecular weight is 232 g/mol. The van der Waals surface area contributed by atoms with Crippen molar-refractivity contribution < 1.29 is 4.79 Å². The molecule has 0 bridgehead atoms. The second-order valence-corrected chi connectivity index (χ2v) is 4.62. The Bertz CT molecular complexity index is 403. The molecule has 0 saturated heterocycles. The van der Waals surface area contributed by atoms with Crippen molar-refractivity contribution in [3.05, 3.63) is 35.4 Å². The van der Waals surface area contributed by atoms with Gasteiger partial charge in [0.2, 0.25) is 5.91 Å². The van der Waals surface area contributed by atoms with Gasteiger partial charge in [0.25, 0.3) is 0 Å². The normalized spacial score (nSPS) is 19.1. The van der Waals surface area contributed by atoms with E-state index in [0.29, 0.717) is 12.5 Å². The molecule has 0 spiro atoms. The molecule has 1 aromatic carbocycles. The number of hydrogen-bond donors (Lipinski definition) is 2. The lowest BCUT2D eigenvalue weighted by Gasteiger charge is -2.31. The van der Waals surface area contributed by atoms with E-state index in [1.807, 2.05) is 13.8 Å². The molecule has 0 saturated carbocycles. The van der Waals surface area contributed by atoms with E-state index in [1.165, 1.54) is 11.1 Å². The average Bonchev–Trinajstić information content (AvgIpc) is 2.30. The van der Waals surface area contributed by atoms with E-state index < -0.39 is 0 Å². The summed E-state index contributed by atoms with van der Waals surface area (Å²) >= 11 is 0. The van der Waals surface area contributed by atoms with Crippen LogP contribution in [0.5, 0.6) is 0 Å². The minimum Gasteiger partial charge on any atom is -0.355 e. The molecule has 2 N–H and O–H groups in total. The smallest absolute Gasteiger partial charge is 0.236 e. The van der Waals surface area contributed by atoms with Crippen molar-refractivity contribution in [2.45, 2.75) is 32.2 Å². The van der Waals surface area contributed by atoms with Crippen LogP contribution in [0.25, 0.3) is 0 Å². The molecule has 0 aromatic heterocycles. The molecule has 0 fully saturated rings. The van der Waals surface area contributed by atoms with Gasteiger partial charge in [0.1, 0.15) is 0 Å². The van der Waals surface area contributed by atoms with Gasteiger partial charge in [0, 0.05) is 19.0 Å². The highest BCUT2D eigenvalue weighted by Crippen LogP contribution is 2.33. The first kappa shape index (κ1) is 12.1. The van der Waals surface area contributed by atoms with Gasteiger partial charge in [0.15, 0.2) is 0 Å². The zero-order valence-electron chi connectivity index (χ0n) is 10.5. The summed E-state index contributed by atoms with van der Waals surface area (Å²) in [7, 11) is 0. The predicted molar refractivity (Wildman–Crippen MR) is 69.0 cm³/mol. The fourth-order valence-corrected chi connectivity index (χ4v) is 2.28. The number of rotatable bonds is 5. The first-order chi connectivity index (χ1) is 8.22. The van der Waals surface area contributed by atoms with Gasteiger partial charge in [-0.2, -0.15) is 0 Å². The van der Waals surface area contributed by atoms with Gasteiger partial charge in [-0.05, 0) is 31.4 Å². The van der Waals surface area contributed by atoms with Crippen LogP contribution in [0.1, 0.15) is 30.9 Å². The number of nitrogens with one attached hydrogen (secondary N) is 2. The molecule has 1 aliphatic rings. The van der Waals surface area contributed by atoms with Crippen LogP contribution in [0, 0.1) is 0 Å². The molecule has 3 nitrogen and oxygen atoms in total. The lowest BCUT2D eigenvalue weighted by atomic mass is 9.77. The Morgan fingerprint density at radius 3 is 2.94 bits per heavy atom. The number of amides is 1. The maximum absolute atomic E-state index is 11.5. The van der Waals surface area contributed by atoms with E-state index in [-0.39, 0.29) is 11.9 Å². The molecule has 3 heteroatoms. The lowest BCUT2D eigenvalue weighted by Crippen LogP contribution is -2.44. The second-order valence-electron chi connectivity index (χ2n) is 4.62. The second kappa shape index (κ2) is 5.32. The number of hydrogen-bond acceptors (Lipinski definition) is 2. The molecular formula is C14H20N2O. The summed E-state index contributed by atoms with van der Waals surface area (Å²) in [5, 5.41) is 6.12. The maximum Gasteiger partial charge on any atom is 0.236 e. The highest BCUT2D eigenvalue weighted by Gasteiger charge is 2.25. The van der Waals surface area contributed by atoms with Crippen molar-refractivity contribution in [2.24, 2.45) is 0 Å². The Morgan fingerprint density at radius 2 is 2.24 bits per heavy atom. The van der Waals surface area contributed by atoms with Crippen molar-refractivity contribution in [3.8, 4) is 0 Å². The van der Waals surface area contributed by atoms with Gasteiger partial charge in [-0.3, -0.25) is 4.79 Å². The summed E-state index contributed by atoms with van der Waals surface area (Å²) in [4.78, 5) is 11.5. The number of likely N-dealkylation sites (N-methyl/N-ethyl adjacent to an activating group) is 1. The monoisotopic (exact) mass is 232 g/mol. The summed E-state index contributed by atoms with van der Waals surface area (Å²) in [5.74, 6) is 0.656. The molecule has 2 atom stereocenters. The van der Waals surface area contributed by atoms with E-state index in [9.17, 15) is 4.79 Å². The van der Waals surface area contributed by atoms with Gasteiger partial charge >= 0.3 is 0 Å². The standard InChI is InChI=1S/C14H20N2O/c1-3-15-14(17)10(2)16-9-12-8-11-6-4-5-7-13(11)12/h4-7,10,12,16H,3,8-9H2,1-2H3,(H,15,17). The minimum absolute atomic E-state index is 0.0834. The third kappa shape index (κ3) is 2.67. The Morgan fingerprint density at radius 1 is 1.47 bits per heavy atom. The summed E-state index contributed by atoms with van der Waals surface area (Å²) in [6.45, 7) is 5.43. The molecule has 2 unspecified atom stereocenters. The van der Waals surface area contributed by atoms with Crippen LogP contribution in [0.15, 0.2) is 24.3 Å². The van der Waals surface area contributed by atoms with Crippen LogP contribution in [-0.2, 0) is 11.2 Å². The van der Waals surface area contributed by atoms with Crippen molar-refractivity contribution in [1.82, 2.24) is 10.6 Å². The predicted octanol–water partition coefficient (Wildman–Crippen LogP) is 1.44. The Labute approximate surface area is 103 Å². The van der Waals surface area contributed by atoms with Gasteiger partial charge in [0.05, 0.1) is 6.04 Å². The van der Waals surface area contributed by atoms with Crippen LogP contribution in [0.3, 0.4) is 0 Å². The molecule has 0 heterocycles. The first-order valence-electron chi connectivity index (χ1n) is 6.31. The van der Waals surface area contributed by atoms with Crippen LogP contribution in [-0.4, -0.2) is 25.0 Å². The fourth-order valence-electron chi connectivity index (χ4n) is 2.28. The number of fused-ring (bicyclic) bond motifs is 1. The van der Waals surface area contributed by atoms with Crippen LogP contribution in [0.2, 0.25) is 0 Å². The van der Waals surface area contributed by atoms with Crippen LogP contribution >= 0.6 is 0 Å². The van der Waals surface area contributed by atoms with E-state index in [0.717, 1.165) is 13.0 Å². The lowest BCUT2D eigenvalue weighted by molar-refractivity contribution is -0.122. The Kier molecular flexibility index (Phi) is 3.79. The molecule has 92 valence electrons. The maximum atomic E-state index is 11.5. The molecule has 2 rings (SSSR count). The number of benzene rings is 1. The van der Waals surface area contributed by atoms with Gasteiger partial charge in [-0.1, -0.05) is 24.3 Å². The van der Waals surface area contributed by atoms with Crippen LogP contribution in [0.4, 0.5) is 0 Å². The van der Waals surface area contributed by atoms with Crippen LogP contribution < -0.4 is 10.6 Å². The molecular weight excluding hydrogens is 212 g/mol. The Hall–Kier alpha value is -1.35. The molecule has 1 amide bonds. The van der Waals surface area contributed by atoms with Gasteiger partial charge < -0.3 is 10.6 Å². The quantitative estimate of drug-likeness (QED) is 0.806. The van der Waals surface area contributed by atoms with E-state index >= 15 is 0 Å². The summed E-state index contributed by atoms with van der Waals surface area (Å²) < 4.78 is 0. The molecule has 17 heavy (non-hydrogen) atoms. The van der Waals surface area contributed by atoms with Crippen molar-refractivity contribution >= 4 is 5.91 Å². The largest absolute Gasteiger partial charge is 0.355 e. The molecule has 1 aliphatic carbocycles. The third-order valence-electron chi connectivity index (χ3n) is 3.38. The van der Waals surface area contributed by atoms with Crippen molar-refractivity contribution in [1.29, 1.82) is 0 Å². The zero-order chi connectivity index (χ0) is 12.3. The molecule has 1 aromatic rings. The molecule has 0 radical (unpaired) electrons. The highest BCUT2D eigenvalue weighted by molar-refractivity contribution is 5.81. The molecule has 0 aliphatic heterocycles. The van der Waals surface area contributed by atoms with Gasteiger partial charge in [-0.25, -0.2) is 0 Å². The van der Waals surface area contributed by atoms with E-state index in [1.54, 1.807) is 0 Å². The van der Waals surface area contributed by atoms with Crippen molar-refractivity contribution in [3.63, 3.8) is 0 Å². The first-order valence-corrected chi connectivity index (χ1v) is 6.31. The number of carbonyl (C=O) groups is 1. The summed E-state index contributed by atoms with van der Waals surface area (Å²) in [6, 6.07) is 8.42. The van der Waals surface area contributed by atoms with E-state index in [4.69, 9.17) is 0 Å². The Balaban J connectivity index is 1.79. The highest BCUT2D eigenvalue weighted by atomic mass is 16.2. The van der Waals surface area contributed by atoms with Crippen molar-refractivity contribution in [2.75, 3.05) is 13.1 Å². The fraction of sp³-hybridized carbons (Fsp3) is 0.500. The third-order valence-corrected chi connectivity index (χ3v) is 3.38. The van der Waals surface area contributed by atoms with E-state index in [2.05, 4.69) is 34.9 Å². The zero-order valence-corrected chi connectivity index (χ0v) is 10.5. The number of carbonyl (C=O) groups excluding carboxylic acids is 1. The van der Waals surface area contributed by atoms with Gasteiger partial charge in [-0.15, -0.1) is 0 Å². The SMILES string of the molecule is CCNC(=O)C(C)NCC1Cc2ccccc21. The minimum atomic E-state index is -0.109. The summed E-state index contributed by atoms with van der Waals surface area (Å²) in [5.41, 5.74) is 2.88. The topological polar surface area (TPSA) is 41.1 Å². The summed E-state index contributed by atoms with van der Waals surface area (Å²) in [6.07, 6.45) is 1.13.